The van der Waals surface area contributed by atoms with E-state index in [4.69, 9.17) is 15.0 Å². The highest BCUT2D eigenvalue weighted by atomic mass is 32.1. The molecular weight excluding hydrogens is 1740 g/mol. The predicted octanol–water partition coefficient (Wildman–Crippen LogP) is 34.8. The van der Waals surface area contributed by atoms with E-state index in [0.717, 1.165) is 16.7 Å². The van der Waals surface area contributed by atoms with Gasteiger partial charge in [-0.1, -0.05) is 485 Å². The Morgan fingerprint density at radius 3 is 0.797 bits per heavy atom. The van der Waals surface area contributed by atoms with Crippen LogP contribution in [0.4, 0.5) is 0 Å². The van der Waals surface area contributed by atoms with Gasteiger partial charge < -0.3 is 0 Å². The van der Waals surface area contributed by atoms with Gasteiger partial charge in [-0.3, -0.25) is 0 Å². The lowest BCUT2D eigenvalue weighted by atomic mass is 9.63. The van der Waals surface area contributed by atoms with Gasteiger partial charge in [-0.15, -0.1) is 11.3 Å². The van der Waals surface area contributed by atoms with Gasteiger partial charge in [0.05, 0.1) is 21.7 Å². The number of hydrogen-bond acceptors (Lipinski definition) is 4. The van der Waals surface area contributed by atoms with Crippen molar-refractivity contribution in [3.05, 3.63) is 593 Å². The Labute approximate surface area is 832 Å². The molecule has 143 heavy (non-hydrogen) atoms. The van der Waals surface area contributed by atoms with Gasteiger partial charge in [-0.2, -0.15) is 0 Å². The average molecular weight is 1830 g/mol. The molecule has 0 aliphatic heterocycles. The molecule has 0 amide bonds. The first-order valence-corrected chi connectivity index (χ1v) is 50.6. The van der Waals surface area contributed by atoms with Crippen molar-refractivity contribution in [3.63, 3.8) is 0 Å². The Bertz CT molecular complexity index is 9150. The Morgan fingerprint density at radius 2 is 0.392 bits per heavy atom. The first-order chi connectivity index (χ1) is 71.0. The Morgan fingerprint density at radius 1 is 0.140 bits per heavy atom. The number of thiophene rings is 1. The SMILES string of the molecule is c1cc(-c2ccc3c4ccccc4c4ccccc4c3c2)cc(-c2cccc3c2sc2ccccc23)c1.c1ccc(-c2nc(-c3ccccc3)nc(-c3cccc4c3-c3ccccc3C43c4ccccc4-c4ccccc43)n2)cc1.c1ccc2c(c1)-c1ccccc1C21c2ccccc2-c2c1c1c(c3c2C2(c4ccccc4-c4ccccc42)c2ccccc2-3)C2(c3ccccc3-c3ccccc32)c2ccccc2-1. The van der Waals surface area contributed by atoms with Gasteiger partial charge in [0, 0.05) is 36.9 Å². The Kier molecular flexibility index (Phi) is 17.0. The molecule has 4 spiro atoms. The molecule has 8 aliphatic carbocycles. The van der Waals surface area contributed by atoms with E-state index in [0.29, 0.717) is 17.5 Å². The minimum Gasteiger partial charge on any atom is -0.208 e. The number of nitrogens with zero attached hydrogens (tertiary/aromatic N) is 3. The molecule has 0 saturated carbocycles. The molecular formula is C139H83N3S. The Balaban J connectivity index is 0.000000103. The van der Waals surface area contributed by atoms with Crippen molar-refractivity contribution in [3.8, 4) is 145 Å². The molecule has 23 aromatic carbocycles. The van der Waals surface area contributed by atoms with Crippen LogP contribution >= 0.6 is 11.3 Å². The smallest absolute Gasteiger partial charge is 0.164 e. The van der Waals surface area contributed by atoms with E-state index in [-0.39, 0.29) is 0 Å². The zero-order valence-electron chi connectivity index (χ0n) is 77.7. The molecule has 0 N–H and O–H groups in total. The number of aromatic nitrogens is 3. The van der Waals surface area contributed by atoms with Gasteiger partial charge in [0.25, 0.3) is 0 Å². The molecule has 0 atom stereocenters. The summed E-state index contributed by atoms with van der Waals surface area (Å²) in [5.74, 6) is 2.01. The van der Waals surface area contributed by atoms with Crippen molar-refractivity contribution < 1.29 is 0 Å². The molecule has 660 valence electrons. The lowest BCUT2D eigenvalue weighted by molar-refractivity contribution is 0.764. The summed E-state index contributed by atoms with van der Waals surface area (Å²) in [5, 5.41) is 10.6. The second-order valence-corrected chi connectivity index (χ2v) is 40.3. The predicted molar refractivity (Wildman–Crippen MR) is 590 cm³/mol. The van der Waals surface area contributed by atoms with Crippen LogP contribution in [0.5, 0.6) is 0 Å². The van der Waals surface area contributed by atoms with Crippen molar-refractivity contribution in [1.29, 1.82) is 0 Å². The number of benzene rings is 23. The van der Waals surface area contributed by atoms with E-state index in [2.05, 4.69) is 467 Å². The van der Waals surface area contributed by atoms with Crippen LogP contribution in [0, 0.1) is 0 Å². The molecule has 2 heterocycles. The fourth-order valence-corrected chi connectivity index (χ4v) is 29.0. The topological polar surface area (TPSA) is 38.7 Å². The minimum atomic E-state index is -0.567. The molecule has 25 aromatic rings. The molecule has 0 radical (unpaired) electrons. The third-order valence-electron chi connectivity index (χ3n) is 32.9. The van der Waals surface area contributed by atoms with Gasteiger partial charge in [-0.25, -0.2) is 15.0 Å². The molecule has 33 rings (SSSR count). The lowest BCUT2D eigenvalue weighted by Crippen LogP contribution is -2.31. The highest BCUT2D eigenvalue weighted by Gasteiger charge is 2.65. The summed E-state index contributed by atoms with van der Waals surface area (Å²) in [4.78, 5) is 15.2. The number of hydrogen-bond donors (Lipinski definition) is 0. The molecule has 8 aliphatic rings. The first kappa shape index (κ1) is 80.1. The molecule has 3 nitrogen and oxygen atoms in total. The third kappa shape index (κ3) is 10.6. The van der Waals surface area contributed by atoms with E-state index in [9.17, 15) is 0 Å². The fraction of sp³-hybridized carbons (Fsp3) is 0.0288. The van der Waals surface area contributed by atoms with Gasteiger partial charge in [0.2, 0.25) is 0 Å². The lowest BCUT2D eigenvalue weighted by Gasteiger charge is -2.37. The first-order valence-electron chi connectivity index (χ1n) is 49.8. The quantitative estimate of drug-likeness (QED) is 0.161. The van der Waals surface area contributed by atoms with E-state index in [1.165, 1.54) is 253 Å². The van der Waals surface area contributed by atoms with Crippen LogP contribution in [0.1, 0.15) is 89.0 Å². The summed E-state index contributed by atoms with van der Waals surface area (Å²) in [6.45, 7) is 0. The van der Waals surface area contributed by atoms with E-state index in [1.807, 2.05) is 47.7 Å². The van der Waals surface area contributed by atoms with Gasteiger partial charge in [0.1, 0.15) is 0 Å². The average Bonchev–Trinajstić information content (AvgIpc) is 1.45. The maximum Gasteiger partial charge on any atom is 0.164 e. The zero-order chi connectivity index (χ0) is 93.5. The minimum absolute atomic E-state index is 0.410. The van der Waals surface area contributed by atoms with Crippen LogP contribution < -0.4 is 0 Å². The molecule has 0 saturated heterocycles. The van der Waals surface area contributed by atoms with Crippen LogP contribution in [-0.2, 0) is 21.7 Å². The van der Waals surface area contributed by atoms with Gasteiger partial charge in [-0.05, 0) is 251 Å². The highest BCUT2D eigenvalue weighted by molar-refractivity contribution is 7.26. The third-order valence-corrected chi connectivity index (χ3v) is 34.1. The standard InChI is InChI=1S/C63H36.C40H25N3.C36H22S/c1-10-28-46-37(19-1)38-20-2-11-29-47(38)61(46)52-34-16-7-25-43(52)55-58(61)56-44-26-8-17-35-53(44)62(48-30-12-3-21-39(48)40-22-4-13-31-49(40)62)60(56)57-45-27-9-18-36-54(45)63(59(55)57)50-32-14-5-23-41(50)42-24-6-15-33-51(42)63;1-3-14-26(15-4-1)37-41-38(27-16-5-2-6-17-27)43-39(42-37)31-21-13-25-35-36(31)30-20-9-12-24-34(30)40(35)32-22-10-7-18-28(32)29-19-8-11-23-33(29)40;1-2-13-29-27(11-1)28-12-3-4-14-30(28)34-22-24(19-20-31(29)34)23-9-7-10-25(21-23)26-16-8-17-33-32-15-5-6-18-35(32)37-36(26)33/h1-36H;1-25H;1-22H. The molecule has 0 bridgehead atoms. The normalized spacial score (nSPS) is 14.1. The second kappa shape index (κ2) is 30.3. The van der Waals surface area contributed by atoms with Crippen LogP contribution in [-0.4, -0.2) is 15.0 Å². The molecule has 4 heteroatoms. The summed E-state index contributed by atoms with van der Waals surface area (Å²) in [7, 11) is 0. The van der Waals surface area contributed by atoms with E-state index < -0.39 is 21.7 Å². The summed E-state index contributed by atoms with van der Waals surface area (Å²) in [6.07, 6.45) is 0. The maximum atomic E-state index is 5.13. The van der Waals surface area contributed by atoms with Crippen LogP contribution in [0.15, 0.2) is 504 Å². The second-order valence-electron chi connectivity index (χ2n) is 39.3. The highest BCUT2D eigenvalue weighted by Crippen LogP contribution is 2.78. The molecule has 0 fully saturated rings. The van der Waals surface area contributed by atoms with Crippen LogP contribution in [0.3, 0.4) is 0 Å². The monoisotopic (exact) mass is 1830 g/mol. The summed E-state index contributed by atoms with van der Waals surface area (Å²) in [6, 6.07) is 187. The molecule has 0 unspecified atom stereocenters. The Hall–Kier alpha value is -17.9. The summed E-state index contributed by atoms with van der Waals surface area (Å²) >= 11 is 1.89. The number of rotatable bonds is 5. The zero-order valence-corrected chi connectivity index (χ0v) is 78.5. The van der Waals surface area contributed by atoms with Crippen molar-refractivity contribution in [2.24, 2.45) is 0 Å². The largest absolute Gasteiger partial charge is 0.208 e. The van der Waals surface area contributed by atoms with Gasteiger partial charge >= 0.3 is 0 Å². The number of fused-ring (bicyclic) bond motifs is 52. The van der Waals surface area contributed by atoms with Gasteiger partial charge in [0.15, 0.2) is 17.5 Å². The maximum absolute atomic E-state index is 5.13. The van der Waals surface area contributed by atoms with E-state index in [1.54, 1.807) is 0 Å². The van der Waals surface area contributed by atoms with Crippen molar-refractivity contribution in [2.75, 3.05) is 0 Å². The van der Waals surface area contributed by atoms with Crippen LogP contribution in [0.2, 0.25) is 0 Å². The molecule has 2 aromatic heterocycles. The summed E-state index contributed by atoms with van der Waals surface area (Å²) < 4.78 is 2.70. The summed E-state index contributed by atoms with van der Waals surface area (Å²) in [5.41, 5.74) is 49.1. The van der Waals surface area contributed by atoms with Crippen molar-refractivity contribution in [2.45, 2.75) is 21.7 Å². The van der Waals surface area contributed by atoms with Crippen molar-refractivity contribution in [1.82, 2.24) is 15.0 Å². The fourth-order valence-electron chi connectivity index (χ4n) is 27.7. The van der Waals surface area contributed by atoms with E-state index >= 15 is 0 Å². The van der Waals surface area contributed by atoms with Crippen LogP contribution in [0.25, 0.3) is 198 Å². The van der Waals surface area contributed by atoms with Crippen molar-refractivity contribution >= 4 is 63.8 Å².